The zero-order valence-electron chi connectivity index (χ0n) is 12.7. The fraction of sp³-hybridized carbons (Fsp3) is 0.625. The van der Waals surface area contributed by atoms with Gasteiger partial charge < -0.3 is 5.32 Å². The standard InChI is InChI=1S/C16H24N2O2S/c1-12(2)13-3-5-15(6-4-13)21(19,20)18-10-8-16-14(11-18)7-9-17-16/h3-6,12,14,16-17H,7-11H2,1-2H3. The largest absolute Gasteiger partial charge is 0.314 e. The molecule has 2 heterocycles. The van der Waals surface area contributed by atoms with E-state index in [1.54, 1.807) is 16.4 Å². The van der Waals surface area contributed by atoms with Gasteiger partial charge in [-0.05, 0) is 48.9 Å². The van der Waals surface area contributed by atoms with Crippen LogP contribution in [0.5, 0.6) is 0 Å². The number of fused-ring (bicyclic) bond motifs is 1. The summed E-state index contributed by atoms with van der Waals surface area (Å²) in [5, 5.41) is 3.47. The minimum absolute atomic E-state index is 0.419. The fourth-order valence-electron chi connectivity index (χ4n) is 3.41. The van der Waals surface area contributed by atoms with Crippen LogP contribution in [0.15, 0.2) is 29.2 Å². The first-order valence-electron chi connectivity index (χ1n) is 7.82. The van der Waals surface area contributed by atoms with E-state index in [2.05, 4.69) is 19.2 Å². The fourth-order valence-corrected chi connectivity index (χ4v) is 4.92. The molecule has 1 aromatic carbocycles. The van der Waals surface area contributed by atoms with Crippen molar-refractivity contribution in [2.24, 2.45) is 5.92 Å². The molecule has 4 nitrogen and oxygen atoms in total. The van der Waals surface area contributed by atoms with Gasteiger partial charge >= 0.3 is 0 Å². The molecule has 0 bridgehead atoms. The lowest BCUT2D eigenvalue weighted by Gasteiger charge is -2.34. The molecule has 0 saturated carbocycles. The smallest absolute Gasteiger partial charge is 0.243 e. The highest BCUT2D eigenvalue weighted by atomic mass is 32.2. The Bertz CT molecular complexity index is 595. The maximum Gasteiger partial charge on any atom is 0.243 e. The number of rotatable bonds is 3. The Labute approximate surface area is 127 Å². The second-order valence-corrected chi connectivity index (χ2v) is 8.42. The molecule has 2 aliphatic heterocycles. The van der Waals surface area contributed by atoms with E-state index in [0.717, 1.165) is 19.4 Å². The van der Waals surface area contributed by atoms with Gasteiger partial charge in [-0.3, -0.25) is 0 Å². The minimum Gasteiger partial charge on any atom is -0.314 e. The highest BCUT2D eigenvalue weighted by Gasteiger charge is 2.37. The topological polar surface area (TPSA) is 49.4 Å². The number of piperidine rings is 1. The first-order valence-corrected chi connectivity index (χ1v) is 9.26. The first kappa shape index (κ1) is 15.0. The van der Waals surface area contributed by atoms with Crippen LogP contribution in [0.2, 0.25) is 0 Å². The molecule has 0 aliphatic carbocycles. The molecular weight excluding hydrogens is 284 g/mol. The number of nitrogens with zero attached hydrogens (tertiary/aromatic N) is 1. The van der Waals surface area contributed by atoms with Gasteiger partial charge in [-0.1, -0.05) is 26.0 Å². The molecule has 0 aromatic heterocycles. The van der Waals surface area contributed by atoms with Gasteiger partial charge in [-0.15, -0.1) is 0 Å². The Balaban J connectivity index is 1.79. The maximum absolute atomic E-state index is 12.8. The highest BCUT2D eigenvalue weighted by molar-refractivity contribution is 7.89. The molecule has 1 aromatic rings. The zero-order valence-corrected chi connectivity index (χ0v) is 13.6. The molecule has 2 saturated heterocycles. The molecule has 2 atom stereocenters. The minimum atomic E-state index is -3.34. The van der Waals surface area contributed by atoms with Gasteiger partial charge in [0.1, 0.15) is 0 Å². The first-order chi connectivity index (χ1) is 9.98. The summed E-state index contributed by atoms with van der Waals surface area (Å²) in [6, 6.07) is 7.88. The molecule has 2 aliphatic rings. The van der Waals surface area contributed by atoms with E-state index in [1.807, 2.05) is 12.1 Å². The number of nitrogens with one attached hydrogen (secondary N) is 1. The van der Waals surface area contributed by atoms with Crippen molar-refractivity contribution in [1.82, 2.24) is 9.62 Å². The normalized spacial score (nSPS) is 27.0. The monoisotopic (exact) mass is 308 g/mol. The molecule has 2 unspecified atom stereocenters. The summed E-state index contributed by atoms with van der Waals surface area (Å²) < 4.78 is 27.2. The summed E-state index contributed by atoms with van der Waals surface area (Å²) in [5.74, 6) is 0.894. The summed E-state index contributed by atoms with van der Waals surface area (Å²) in [5.41, 5.74) is 1.17. The Morgan fingerprint density at radius 1 is 1.19 bits per heavy atom. The Morgan fingerprint density at radius 3 is 2.57 bits per heavy atom. The predicted molar refractivity (Wildman–Crippen MR) is 83.8 cm³/mol. The predicted octanol–water partition coefficient (Wildman–Crippen LogP) is 2.18. The SMILES string of the molecule is CC(C)c1ccc(S(=O)(=O)N2CCC3NCCC3C2)cc1. The Kier molecular flexibility index (Phi) is 4.08. The Hall–Kier alpha value is -0.910. The average Bonchev–Trinajstić information content (AvgIpc) is 2.94. The molecule has 3 rings (SSSR count). The summed E-state index contributed by atoms with van der Waals surface area (Å²) in [6.45, 7) is 6.53. The van der Waals surface area contributed by atoms with Crippen LogP contribution in [0, 0.1) is 5.92 Å². The van der Waals surface area contributed by atoms with E-state index in [4.69, 9.17) is 0 Å². The maximum atomic E-state index is 12.8. The van der Waals surface area contributed by atoms with Crippen molar-refractivity contribution in [2.75, 3.05) is 19.6 Å². The van der Waals surface area contributed by atoms with Crippen molar-refractivity contribution in [3.63, 3.8) is 0 Å². The van der Waals surface area contributed by atoms with E-state index in [9.17, 15) is 8.42 Å². The van der Waals surface area contributed by atoms with Gasteiger partial charge in [0.05, 0.1) is 4.90 Å². The quantitative estimate of drug-likeness (QED) is 0.931. The highest BCUT2D eigenvalue weighted by Crippen LogP contribution is 2.29. The lowest BCUT2D eigenvalue weighted by molar-refractivity contribution is 0.247. The lowest BCUT2D eigenvalue weighted by atomic mass is 9.95. The van der Waals surface area contributed by atoms with Crippen LogP contribution in [0.3, 0.4) is 0 Å². The molecule has 1 N–H and O–H groups in total. The Morgan fingerprint density at radius 2 is 1.90 bits per heavy atom. The van der Waals surface area contributed by atoms with Crippen molar-refractivity contribution in [3.05, 3.63) is 29.8 Å². The van der Waals surface area contributed by atoms with Crippen molar-refractivity contribution < 1.29 is 8.42 Å². The van der Waals surface area contributed by atoms with Gasteiger partial charge in [0.2, 0.25) is 10.0 Å². The van der Waals surface area contributed by atoms with E-state index < -0.39 is 10.0 Å². The number of hydrogen-bond donors (Lipinski definition) is 1. The van der Waals surface area contributed by atoms with Crippen LogP contribution in [0.1, 0.15) is 38.2 Å². The van der Waals surface area contributed by atoms with E-state index >= 15 is 0 Å². The molecule has 21 heavy (non-hydrogen) atoms. The second kappa shape index (κ2) is 5.71. The average molecular weight is 308 g/mol. The number of hydrogen-bond acceptors (Lipinski definition) is 3. The van der Waals surface area contributed by atoms with E-state index in [0.29, 0.717) is 35.9 Å². The van der Waals surface area contributed by atoms with Crippen molar-refractivity contribution in [1.29, 1.82) is 0 Å². The van der Waals surface area contributed by atoms with Crippen LogP contribution in [0.4, 0.5) is 0 Å². The summed E-state index contributed by atoms with van der Waals surface area (Å²) in [4.78, 5) is 0.427. The second-order valence-electron chi connectivity index (χ2n) is 6.48. The summed E-state index contributed by atoms with van der Waals surface area (Å²) in [7, 11) is -3.34. The molecule has 2 fully saturated rings. The lowest BCUT2D eigenvalue weighted by Crippen LogP contribution is -2.46. The van der Waals surface area contributed by atoms with E-state index in [1.165, 1.54) is 5.56 Å². The molecule has 0 spiro atoms. The molecule has 0 radical (unpaired) electrons. The van der Waals surface area contributed by atoms with Crippen molar-refractivity contribution in [2.45, 2.75) is 43.5 Å². The van der Waals surface area contributed by atoms with Gasteiger partial charge in [-0.25, -0.2) is 8.42 Å². The third-order valence-electron chi connectivity index (χ3n) is 4.80. The van der Waals surface area contributed by atoms with Crippen molar-refractivity contribution in [3.8, 4) is 0 Å². The summed E-state index contributed by atoms with van der Waals surface area (Å²) >= 11 is 0. The zero-order chi connectivity index (χ0) is 15.0. The van der Waals surface area contributed by atoms with Crippen LogP contribution in [-0.4, -0.2) is 38.4 Å². The molecule has 5 heteroatoms. The third-order valence-corrected chi connectivity index (χ3v) is 6.68. The van der Waals surface area contributed by atoms with E-state index in [-0.39, 0.29) is 0 Å². The van der Waals surface area contributed by atoms with Crippen LogP contribution in [-0.2, 0) is 10.0 Å². The summed E-state index contributed by atoms with van der Waals surface area (Å²) in [6.07, 6.45) is 2.01. The number of sulfonamides is 1. The van der Waals surface area contributed by atoms with Gasteiger partial charge in [0.15, 0.2) is 0 Å². The molecule has 0 amide bonds. The molecule has 116 valence electrons. The molecular formula is C16H24N2O2S. The third kappa shape index (κ3) is 2.87. The van der Waals surface area contributed by atoms with Crippen LogP contribution >= 0.6 is 0 Å². The van der Waals surface area contributed by atoms with Gasteiger partial charge in [0.25, 0.3) is 0 Å². The van der Waals surface area contributed by atoms with Crippen molar-refractivity contribution >= 4 is 10.0 Å². The van der Waals surface area contributed by atoms with Gasteiger partial charge in [0, 0.05) is 19.1 Å². The van der Waals surface area contributed by atoms with Crippen LogP contribution < -0.4 is 5.32 Å². The van der Waals surface area contributed by atoms with Gasteiger partial charge in [-0.2, -0.15) is 4.31 Å². The number of benzene rings is 1. The van der Waals surface area contributed by atoms with Crippen LogP contribution in [0.25, 0.3) is 0 Å².